The summed E-state index contributed by atoms with van der Waals surface area (Å²) in [5.41, 5.74) is 1.43. The van der Waals surface area contributed by atoms with Crippen molar-refractivity contribution in [3.05, 3.63) is 60.9 Å². The van der Waals surface area contributed by atoms with Crippen molar-refractivity contribution in [2.45, 2.75) is 5.88 Å². The monoisotopic (exact) mass is 480 g/mol. The summed E-state index contributed by atoms with van der Waals surface area (Å²) in [5.74, 6) is 0.438. The van der Waals surface area contributed by atoms with Gasteiger partial charge in [-0.05, 0) is 61.7 Å². The molecule has 0 atom stereocenters. The van der Waals surface area contributed by atoms with Crippen molar-refractivity contribution in [1.82, 2.24) is 0 Å². The SMILES string of the molecule is O=C(Oc1c(Br)cc(Br)cc1Br)c1ccc(CCl)cc1. The highest BCUT2D eigenvalue weighted by atomic mass is 79.9. The van der Waals surface area contributed by atoms with Crippen molar-refractivity contribution < 1.29 is 9.53 Å². The zero-order valence-electron chi connectivity index (χ0n) is 10.00. The first-order valence-electron chi connectivity index (χ1n) is 5.53. The Hall–Kier alpha value is -0.360. The second-order valence-corrected chi connectivity index (χ2v) is 6.81. The summed E-state index contributed by atoms with van der Waals surface area (Å²) in [7, 11) is 0. The molecule has 0 radical (unpaired) electrons. The van der Waals surface area contributed by atoms with E-state index in [1.807, 2.05) is 12.1 Å². The third kappa shape index (κ3) is 3.85. The quantitative estimate of drug-likeness (QED) is 0.307. The molecule has 0 fully saturated rings. The van der Waals surface area contributed by atoms with Gasteiger partial charge in [0, 0.05) is 10.4 Å². The predicted molar refractivity (Wildman–Crippen MR) is 90.5 cm³/mol. The maximum atomic E-state index is 12.1. The summed E-state index contributed by atoms with van der Waals surface area (Å²) in [4.78, 5) is 12.1. The second kappa shape index (κ2) is 7.07. The van der Waals surface area contributed by atoms with Gasteiger partial charge < -0.3 is 4.74 Å². The zero-order valence-corrected chi connectivity index (χ0v) is 15.5. The molecular formula is C14H8Br3ClO2. The first-order valence-corrected chi connectivity index (χ1v) is 8.44. The van der Waals surface area contributed by atoms with Gasteiger partial charge in [-0.2, -0.15) is 0 Å². The lowest BCUT2D eigenvalue weighted by molar-refractivity contribution is 0.0732. The average Bonchev–Trinajstić information content (AvgIpc) is 2.42. The van der Waals surface area contributed by atoms with Gasteiger partial charge in [-0.25, -0.2) is 4.79 Å². The standard InChI is InChI=1S/C14H8Br3ClO2/c15-10-5-11(16)13(12(17)6-10)20-14(19)9-3-1-8(7-18)2-4-9/h1-6H,7H2. The van der Waals surface area contributed by atoms with Crippen molar-refractivity contribution in [2.75, 3.05) is 0 Å². The number of rotatable bonds is 3. The van der Waals surface area contributed by atoms with Gasteiger partial charge in [0.25, 0.3) is 0 Å². The van der Waals surface area contributed by atoms with Gasteiger partial charge in [0.2, 0.25) is 0 Å². The number of carbonyl (C=O) groups excluding carboxylic acids is 1. The summed E-state index contributed by atoms with van der Waals surface area (Å²) in [6.45, 7) is 0. The number of halogens is 4. The number of benzene rings is 2. The van der Waals surface area contributed by atoms with Crippen LogP contribution in [0, 0.1) is 0 Å². The lowest BCUT2D eigenvalue weighted by atomic mass is 10.1. The molecule has 0 aliphatic rings. The second-order valence-electron chi connectivity index (χ2n) is 3.92. The molecule has 0 aliphatic heterocycles. The average molecular weight is 483 g/mol. The van der Waals surface area contributed by atoms with Gasteiger partial charge in [0.15, 0.2) is 5.75 Å². The van der Waals surface area contributed by atoms with E-state index in [1.54, 1.807) is 24.3 Å². The van der Waals surface area contributed by atoms with Crippen LogP contribution in [-0.4, -0.2) is 5.97 Å². The summed E-state index contributed by atoms with van der Waals surface area (Å²) < 4.78 is 7.65. The van der Waals surface area contributed by atoms with Crippen LogP contribution in [0.25, 0.3) is 0 Å². The van der Waals surface area contributed by atoms with Gasteiger partial charge in [0.1, 0.15) is 0 Å². The Bertz CT molecular complexity index is 618. The van der Waals surface area contributed by atoms with Gasteiger partial charge in [-0.1, -0.05) is 28.1 Å². The molecule has 0 saturated heterocycles. The van der Waals surface area contributed by atoms with Crippen LogP contribution in [0.5, 0.6) is 5.75 Å². The fraction of sp³-hybridized carbons (Fsp3) is 0.0714. The van der Waals surface area contributed by atoms with E-state index >= 15 is 0 Å². The minimum absolute atomic E-state index is 0.416. The Kier molecular flexibility index (Phi) is 5.66. The van der Waals surface area contributed by atoms with Crippen LogP contribution in [0.3, 0.4) is 0 Å². The van der Waals surface area contributed by atoms with Crippen molar-refractivity contribution in [1.29, 1.82) is 0 Å². The molecule has 0 heterocycles. The molecule has 104 valence electrons. The molecule has 0 saturated carbocycles. The van der Waals surface area contributed by atoms with E-state index in [9.17, 15) is 4.79 Å². The van der Waals surface area contributed by atoms with Crippen molar-refractivity contribution >= 4 is 65.4 Å². The maximum Gasteiger partial charge on any atom is 0.343 e. The Morgan fingerprint density at radius 2 is 1.60 bits per heavy atom. The molecule has 0 spiro atoms. The van der Waals surface area contributed by atoms with E-state index in [0.29, 0.717) is 26.1 Å². The molecule has 6 heteroatoms. The molecular weight excluding hydrogens is 475 g/mol. The number of esters is 1. The third-order valence-corrected chi connectivity index (χ3v) is 4.45. The number of ether oxygens (including phenoxy) is 1. The minimum atomic E-state index is -0.421. The van der Waals surface area contributed by atoms with Crippen LogP contribution in [0.2, 0.25) is 0 Å². The first-order chi connectivity index (χ1) is 9.51. The number of carbonyl (C=O) groups is 1. The fourth-order valence-corrected chi connectivity index (χ4v) is 4.11. The Balaban J connectivity index is 2.23. The fourth-order valence-electron chi connectivity index (χ4n) is 1.51. The largest absolute Gasteiger partial charge is 0.421 e. The number of alkyl halides is 1. The summed E-state index contributed by atoms with van der Waals surface area (Å²) in [6, 6.07) is 10.6. The first kappa shape index (κ1) is 16.0. The summed E-state index contributed by atoms with van der Waals surface area (Å²) in [5, 5.41) is 0. The smallest absolute Gasteiger partial charge is 0.343 e. The van der Waals surface area contributed by atoms with Gasteiger partial charge in [-0.3, -0.25) is 0 Å². The molecule has 0 unspecified atom stereocenters. The van der Waals surface area contributed by atoms with Gasteiger partial charge in [0.05, 0.1) is 14.5 Å². The topological polar surface area (TPSA) is 26.3 Å². The van der Waals surface area contributed by atoms with Crippen LogP contribution < -0.4 is 4.74 Å². The molecule has 0 N–H and O–H groups in total. The van der Waals surface area contributed by atoms with E-state index < -0.39 is 5.97 Å². The molecule has 2 rings (SSSR count). The summed E-state index contributed by atoms with van der Waals surface area (Å²) in [6.07, 6.45) is 0. The molecule has 2 nitrogen and oxygen atoms in total. The lowest BCUT2D eigenvalue weighted by Gasteiger charge is -2.09. The lowest BCUT2D eigenvalue weighted by Crippen LogP contribution is -2.09. The van der Waals surface area contributed by atoms with Gasteiger partial charge >= 0.3 is 5.97 Å². The van der Waals surface area contributed by atoms with E-state index in [4.69, 9.17) is 16.3 Å². The van der Waals surface area contributed by atoms with Crippen LogP contribution >= 0.6 is 59.4 Å². The van der Waals surface area contributed by atoms with E-state index in [-0.39, 0.29) is 0 Å². The molecule has 2 aromatic rings. The summed E-state index contributed by atoms with van der Waals surface area (Å²) >= 11 is 15.8. The van der Waals surface area contributed by atoms with E-state index in [2.05, 4.69) is 47.8 Å². The van der Waals surface area contributed by atoms with Crippen LogP contribution in [-0.2, 0) is 5.88 Å². The normalized spacial score (nSPS) is 10.4. The highest BCUT2D eigenvalue weighted by Crippen LogP contribution is 2.36. The van der Waals surface area contributed by atoms with Crippen molar-refractivity contribution in [3.63, 3.8) is 0 Å². The Morgan fingerprint density at radius 3 is 2.10 bits per heavy atom. The Morgan fingerprint density at radius 1 is 1.05 bits per heavy atom. The number of hydrogen-bond acceptors (Lipinski definition) is 2. The van der Waals surface area contributed by atoms with Crippen LogP contribution in [0.4, 0.5) is 0 Å². The highest BCUT2D eigenvalue weighted by Gasteiger charge is 2.14. The molecule has 20 heavy (non-hydrogen) atoms. The Labute approximate surface area is 146 Å². The highest BCUT2D eigenvalue weighted by molar-refractivity contribution is 9.11. The van der Waals surface area contributed by atoms with Crippen LogP contribution in [0.1, 0.15) is 15.9 Å². The predicted octanol–water partition coefficient (Wildman–Crippen LogP) is 5.93. The number of hydrogen-bond donors (Lipinski definition) is 0. The van der Waals surface area contributed by atoms with Crippen molar-refractivity contribution in [2.24, 2.45) is 0 Å². The molecule has 0 amide bonds. The van der Waals surface area contributed by atoms with E-state index in [0.717, 1.165) is 10.0 Å². The third-order valence-electron chi connectivity index (χ3n) is 2.50. The molecule has 2 aromatic carbocycles. The maximum absolute atomic E-state index is 12.1. The van der Waals surface area contributed by atoms with Crippen LogP contribution in [0.15, 0.2) is 49.8 Å². The molecule has 0 aromatic heterocycles. The zero-order chi connectivity index (χ0) is 14.7. The minimum Gasteiger partial charge on any atom is -0.421 e. The van der Waals surface area contributed by atoms with Crippen molar-refractivity contribution in [3.8, 4) is 5.75 Å². The van der Waals surface area contributed by atoms with E-state index in [1.165, 1.54) is 0 Å². The molecule has 0 bridgehead atoms. The van der Waals surface area contributed by atoms with Gasteiger partial charge in [-0.15, -0.1) is 11.6 Å². The molecule has 0 aliphatic carbocycles.